The summed E-state index contributed by atoms with van der Waals surface area (Å²) in [6.07, 6.45) is 0.230. The molecule has 3 amide bonds. The fourth-order valence-corrected chi connectivity index (χ4v) is 0.567. The predicted octanol–water partition coefficient (Wildman–Crippen LogP) is -0.771. The summed E-state index contributed by atoms with van der Waals surface area (Å²) in [7, 11) is 0. The van der Waals surface area contributed by atoms with Crippen molar-refractivity contribution in [3.63, 3.8) is 0 Å². The molecular weight excluding hydrogens is 148 g/mol. The Kier molecular flexibility index (Phi) is 1.74. The third kappa shape index (κ3) is 1.27. The summed E-state index contributed by atoms with van der Waals surface area (Å²) in [6.45, 7) is 0. The van der Waals surface area contributed by atoms with Gasteiger partial charge in [0, 0.05) is 0 Å². The van der Waals surface area contributed by atoms with E-state index in [0.29, 0.717) is 0 Å². The molecule has 54 valence electrons. The molecule has 0 spiro atoms. The van der Waals surface area contributed by atoms with Crippen molar-refractivity contribution in [3.8, 4) is 6.07 Å². The second-order valence-electron chi connectivity index (χ2n) is 1.59. The normalized spacial score (nSPS) is 19.0. The first-order chi connectivity index (χ1) is 5.27. The van der Waals surface area contributed by atoms with E-state index >= 15 is 0 Å². The van der Waals surface area contributed by atoms with E-state index in [1.54, 1.807) is 6.07 Å². The van der Waals surface area contributed by atoms with Crippen LogP contribution in [-0.4, -0.2) is 24.0 Å². The Morgan fingerprint density at radius 3 is 3.00 bits per heavy atom. The van der Waals surface area contributed by atoms with Crippen molar-refractivity contribution in [1.82, 2.24) is 5.32 Å². The number of hydrogen-bond acceptors (Lipinski definition) is 3. The van der Waals surface area contributed by atoms with Gasteiger partial charge in [0.1, 0.15) is 6.07 Å². The molecule has 1 heterocycles. The SMILES string of the molecule is N#CC1=NC(=O)NC1=NC=O. The molecule has 1 N–H and O–H groups in total. The molecule has 0 radical (unpaired) electrons. The number of amides is 3. The van der Waals surface area contributed by atoms with Crippen molar-refractivity contribution in [2.75, 3.05) is 0 Å². The number of nitriles is 1. The Morgan fingerprint density at radius 2 is 2.45 bits per heavy atom. The number of hydrogen-bond donors (Lipinski definition) is 1. The third-order valence-electron chi connectivity index (χ3n) is 0.951. The number of nitrogens with zero attached hydrogens (tertiary/aromatic N) is 3. The van der Waals surface area contributed by atoms with Crippen molar-refractivity contribution in [2.45, 2.75) is 0 Å². The lowest BCUT2D eigenvalue weighted by Gasteiger charge is -1.87. The van der Waals surface area contributed by atoms with Gasteiger partial charge in [0.15, 0.2) is 11.5 Å². The lowest BCUT2D eigenvalue weighted by Crippen LogP contribution is -2.25. The van der Waals surface area contributed by atoms with Crippen LogP contribution < -0.4 is 5.32 Å². The van der Waals surface area contributed by atoms with Crippen LogP contribution in [0.1, 0.15) is 0 Å². The second kappa shape index (κ2) is 2.70. The van der Waals surface area contributed by atoms with Crippen LogP contribution in [0.4, 0.5) is 4.79 Å². The van der Waals surface area contributed by atoms with Gasteiger partial charge in [-0.15, -0.1) is 0 Å². The van der Waals surface area contributed by atoms with Crippen LogP contribution in [0.5, 0.6) is 0 Å². The highest BCUT2D eigenvalue weighted by Crippen LogP contribution is 1.92. The minimum absolute atomic E-state index is 0.0903. The number of amidine groups is 1. The zero-order valence-electron chi connectivity index (χ0n) is 5.24. The first kappa shape index (κ1) is 7.08. The molecule has 0 bridgehead atoms. The molecule has 0 aliphatic carbocycles. The third-order valence-corrected chi connectivity index (χ3v) is 0.951. The van der Waals surface area contributed by atoms with E-state index in [1.807, 2.05) is 0 Å². The highest BCUT2D eigenvalue weighted by Gasteiger charge is 2.19. The fourth-order valence-electron chi connectivity index (χ4n) is 0.567. The van der Waals surface area contributed by atoms with Crippen molar-refractivity contribution in [3.05, 3.63) is 0 Å². The van der Waals surface area contributed by atoms with Crippen LogP contribution in [-0.2, 0) is 4.79 Å². The topological polar surface area (TPSA) is 94.7 Å². The summed E-state index contributed by atoms with van der Waals surface area (Å²) in [5.74, 6) is -0.0903. The van der Waals surface area contributed by atoms with Gasteiger partial charge in [0.05, 0.1) is 0 Å². The molecule has 0 fully saturated rings. The van der Waals surface area contributed by atoms with Gasteiger partial charge in [-0.05, 0) is 0 Å². The van der Waals surface area contributed by atoms with Crippen LogP contribution in [0.15, 0.2) is 9.98 Å². The first-order valence-electron chi connectivity index (χ1n) is 2.59. The highest BCUT2D eigenvalue weighted by molar-refractivity contribution is 6.54. The fraction of sp³-hybridized carbons (Fsp3) is 0. The number of rotatable bonds is 1. The molecule has 0 unspecified atom stereocenters. The Morgan fingerprint density at radius 1 is 1.73 bits per heavy atom. The molecule has 0 saturated heterocycles. The van der Waals surface area contributed by atoms with Crippen molar-refractivity contribution in [2.24, 2.45) is 9.98 Å². The summed E-state index contributed by atoms with van der Waals surface area (Å²) in [6, 6.07) is 0.928. The van der Waals surface area contributed by atoms with E-state index in [1.165, 1.54) is 0 Å². The molecule has 0 saturated carbocycles. The van der Waals surface area contributed by atoms with Gasteiger partial charge in [-0.3, -0.25) is 10.1 Å². The van der Waals surface area contributed by atoms with E-state index in [4.69, 9.17) is 5.26 Å². The number of carbonyl (C=O) groups excluding carboxylic acids is 2. The van der Waals surface area contributed by atoms with Gasteiger partial charge < -0.3 is 0 Å². The van der Waals surface area contributed by atoms with Crippen molar-refractivity contribution >= 4 is 24.0 Å². The Labute approximate surface area is 61.2 Å². The standard InChI is InChI=1S/C5H2N4O2/c6-1-3-4(7-2-10)9-5(11)8-3/h2H,(H,7,9,10,11). The molecule has 0 aromatic rings. The van der Waals surface area contributed by atoms with E-state index in [0.717, 1.165) is 0 Å². The number of aliphatic imine (C=N–C) groups is 2. The minimum Gasteiger partial charge on any atom is -0.288 e. The first-order valence-corrected chi connectivity index (χ1v) is 2.59. The van der Waals surface area contributed by atoms with Crippen LogP contribution >= 0.6 is 0 Å². The molecule has 0 aromatic heterocycles. The maximum absolute atomic E-state index is 10.5. The molecule has 11 heavy (non-hydrogen) atoms. The Balaban J connectivity index is 2.99. The maximum Gasteiger partial charge on any atom is 0.348 e. The lowest BCUT2D eigenvalue weighted by molar-refractivity contribution is -0.106. The molecule has 0 atom stereocenters. The van der Waals surface area contributed by atoms with Gasteiger partial charge >= 0.3 is 6.03 Å². The van der Waals surface area contributed by atoms with E-state index < -0.39 is 6.03 Å². The molecule has 1 aliphatic heterocycles. The van der Waals surface area contributed by atoms with Crippen LogP contribution in [0.3, 0.4) is 0 Å². The molecule has 6 nitrogen and oxygen atoms in total. The van der Waals surface area contributed by atoms with E-state index in [-0.39, 0.29) is 18.0 Å². The summed E-state index contributed by atoms with van der Waals surface area (Å²) < 4.78 is 0. The van der Waals surface area contributed by atoms with E-state index in [9.17, 15) is 9.59 Å². The molecule has 1 aliphatic rings. The van der Waals surface area contributed by atoms with E-state index in [2.05, 4.69) is 15.3 Å². The molecular formula is C5H2N4O2. The van der Waals surface area contributed by atoms with Gasteiger partial charge in [-0.2, -0.15) is 15.2 Å². The number of urea groups is 1. The van der Waals surface area contributed by atoms with Crippen molar-refractivity contribution < 1.29 is 9.59 Å². The van der Waals surface area contributed by atoms with Gasteiger partial charge in [0.2, 0.25) is 6.41 Å². The zero-order valence-corrected chi connectivity index (χ0v) is 5.24. The molecule has 6 heteroatoms. The second-order valence-corrected chi connectivity index (χ2v) is 1.59. The summed E-state index contributed by atoms with van der Waals surface area (Å²) in [4.78, 5) is 26.7. The average molecular weight is 150 g/mol. The molecule has 0 aromatic carbocycles. The number of carbonyl (C=O) groups is 2. The summed E-state index contributed by atoms with van der Waals surface area (Å²) in [5.41, 5.74) is -0.165. The smallest absolute Gasteiger partial charge is 0.288 e. The maximum atomic E-state index is 10.5. The highest BCUT2D eigenvalue weighted by atomic mass is 16.2. The Hall–Kier alpha value is -2.03. The Bertz CT molecular complexity index is 309. The summed E-state index contributed by atoms with van der Waals surface area (Å²) in [5, 5.41) is 10.4. The zero-order chi connectivity index (χ0) is 8.27. The largest absolute Gasteiger partial charge is 0.348 e. The van der Waals surface area contributed by atoms with Crippen LogP contribution in [0, 0.1) is 11.3 Å². The number of nitrogens with one attached hydrogen (secondary N) is 1. The van der Waals surface area contributed by atoms with Gasteiger partial charge in [0.25, 0.3) is 0 Å². The van der Waals surface area contributed by atoms with Gasteiger partial charge in [-0.1, -0.05) is 0 Å². The lowest BCUT2D eigenvalue weighted by atomic mass is 10.4. The monoisotopic (exact) mass is 150 g/mol. The quantitative estimate of drug-likeness (QED) is 0.497. The minimum atomic E-state index is -0.679. The molecule has 1 rings (SSSR count). The summed E-state index contributed by atoms with van der Waals surface area (Å²) >= 11 is 0. The average Bonchev–Trinajstić information content (AvgIpc) is 2.32. The predicted molar refractivity (Wildman–Crippen MR) is 35.1 cm³/mol. The van der Waals surface area contributed by atoms with Gasteiger partial charge in [-0.25, -0.2) is 4.79 Å². The van der Waals surface area contributed by atoms with Crippen LogP contribution in [0.2, 0.25) is 0 Å². The van der Waals surface area contributed by atoms with Crippen LogP contribution in [0.25, 0.3) is 0 Å². The van der Waals surface area contributed by atoms with Crippen molar-refractivity contribution in [1.29, 1.82) is 5.26 Å².